The van der Waals surface area contributed by atoms with Gasteiger partial charge in [0.1, 0.15) is 0 Å². The van der Waals surface area contributed by atoms with E-state index in [-0.39, 0.29) is 5.91 Å². The summed E-state index contributed by atoms with van der Waals surface area (Å²) in [5.74, 6) is 0.598. The Balaban J connectivity index is 1.54. The first-order valence-electron chi connectivity index (χ1n) is 8.01. The number of nitrogens with zero attached hydrogens (tertiary/aromatic N) is 4. The van der Waals surface area contributed by atoms with Crippen molar-refractivity contribution in [3.63, 3.8) is 0 Å². The van der Waals surface area contributed by atoms with Crippen LogP contribution in [0.25, 0.3) is 0 Å². The fourth-order valence-corrected chi connectivity index (χ4v) is 4.04. The van der Waals surface area contributed by atoms with Crippen molar-refractivity contribution in [3.05, 3.63) is 29.0 Å². The molecule has 0 saturated carbocycles. The van der Waals surface area contributed by atoms with E-state index in [1.807, 2.05) is 24.1 Å². The largest absolute Gasteiger partial charge is 0.302 e. The second-order valence-electron chi connectivity index (χ2n) is 6.24. The summed E-state index contributed by atoms with van der Waals surface area (Å²) in [6, 6.07) is 2.11. The highest BCUT2D eigenvalue weighted by Crippen LogP contribution is 2.24. The lowest BCUT2D eigenvalue weighted by Crippen LogP contribution is -2.35. The number of nitrogens with one attached hydrogen (secondary N) is 1. The molecule has 0 aliphatic carbocycles. The van der Waals surface area contributed by atoms with Crippen molar-refractivity contribution in [1.29, 1.82) is 0 Å². The van der Waals surface area contributed by atoms with E-state index >= 15 is 0 Å². The number of amides is 1. The molecule has 0 aromatic carbocycles. The van der Waals surface area contributed by atoms with Crippen molar-refractivity contribution in [2.45, 2.75) is 32.7 Å². The van der Waals surface area contributed by atoms with Gasteiger partial charge in [-0.1, -0.05) is 0 Å². The van der Waals surface area contributed by atoms with Crippen molar-refractivity contribution >= 4 is 22.4 Å². The standard InChI is InChI=1S/C16H23N5OS/c1-12(22)18-16-17-9-15(23-16)11-21-6-3-4-13(10-21)8-14-5-7-20(2)19-14/h5,7,9,13H,3-4,6,8,10-11H2,1-2H3,(H,17,18,22). The Hall–Kier alpha value is -1.73. The number of hydrogen-bond acceptors (Lipinski definition) is 5. The molecule has 1 saturated heterocycles. The Morgan fingerprint density at radius 2 is 2.39 bits per heavy atom. The van der Waals surface area contributed by atoms with Gasteiger partial charge in [0.05, 0.1) is 5.69 Å². The van der Waals surface area contributed by atoms with Crippen LogP contribution in [0.2, 0.25) is 0 Å². The molecule has 2 aromatic heterocycles. The normalized spacial score (nSPS) is 19.0. The van der Waals surface area contributed by atoms with Crippen LogP contribution >= 0.6 is 11.3 Å². The second-order valence-corrected chi connectivity index (χ2v) is 7.36. The summed E-state index contributed by atoms with van der Waals surface area (Å²) < 4.78 is 1.87. The monoisotopic (exact) mass is 333 g/mol. The van der Waals surface area contributed by atoms with E-state index < -0.39 is 0 Å². The highest BCUT2D eigenvalue weighted by atomic mass is 32.1. The van der Waals surface area contributed by atoms with Gasteiger partial charge >= 0.3 is 0 Å². The molecule has 1 amide bonds. The van der Waals surface area contributed by atoms with Crippen molar-refractivity contribution in [2.75, 3.05) is 18.4 Å². The summed E-state index contributed by atoms with van der Waals surface area (Å²) >= 11 is 1.56. The molecule has 1 N–H and O–H groups in total. The third-order valence-corrected chi connectivity index (χ3v) is 4.98. The highest BCUT2D eigenvalue weighted by Gasteiger charge is 2.21. The lowest BCUT2D eigenvalue weighted by atomic mass is 9.93. The van der Waals surface area contributed by atoms with E-state index in [2.05, 4.69) is 26.4 Å². The molecule has 1 aliphatic heterocycles. The van der Waals surface area contributed by atoms with E-state index in [9.17, 15) is 4.79 Å². The number of likely N-dealkylation sites (tertiary alicyclic amines) is 1. The molecular formula is C16H23N5OS. The maximum Gasteiger partial charge on any atom is 0.223 e. The molecule has 2 aromatic rings. The summed E-state index contributed by atoms with van der Waals surface area (Å²) in [7, 11) is 1.97. The van der Waals surface area contributed by atoms with Gasteiger partial charge in [-0.2, -0.15) is 5.10 Å². The minimum absolute atomic E-state index is 0.0701. The molecule has 0 bridgehead atoms. The fraction of sp³-hybridized carbons (Fsp3) is 0.562. The lowest BCUT2D eigenvalue weighted by Gasteiger charge is -2.32. The van der Waals surface area contributed by atoms with Gasteiger partial charge < -0.3 is 5.32 Å². The zero-order valence-electron chi connectivity index (χ0n) is 13.7. The fourth-order valence-electron chi connectivity index (χ4n) is 3.14. The van der Waals surface area contributed by atoms with Crippen LogP contribution < -0.4 is 5.32 Å². The molecule has 1 atom stereocenters. The predicted molar refractivity (Wildman–Crippen MR) is 91.3 cm³/mol. The summed E-state index contributed by atoms with van der Waals surface area (Å²) in [5, 5.41) is 7.93. The number of aromatic nitrogens is 3. The highest BCUT2D eigenvalue weighted by molar-refractivity contribution is 7.15. The third-order valence-electron chi connectivity index (χ3n) is 4.09. The van der Waals surface area contributed by atoms with Crippen molar-refractivity contribution in [2.24, 2.45) is 13.0 Å². The zero-order chi connectivity index (χ0) is 16.2. The van der Waals surface area contributed by atoms with Gasteiger partial charge in [-0.05, 0) is 37.8 Å². The second kappa shape index (κ2) is 7.23. The third kappa shape index (κ3) is 4.62. The number of hydrogen-bond donors (Lipinski definition) is 1. The first-order chi connectivity index (χ1) is 11.1. The number of aryl methyl sites for hydroxylation is 1. The van der Waals surface area contributed by atoms with Crippen LogP contribution in [0.4, 0.5) is 5.13 Å². The number of carbonyl (C=O) groups is 1. The van der Waals surface area contributed by atoms with Gasteiger partial charge in [0.2, 0.25) is 5.91 Å². The quantitative estimate of drug-likeness (QED) is 0.912. The SMILES string of the molecule is CC(=O)Nc1ncc(CN2CCCC(Cc3ccn(C)n3)C2)s1. The molecule has 124 valence electrons. The topological polar surface area (TPSA) is 63.1 Å². The van der Waals surface area contributed by atoms with Crippen LogP contribution in [0.3, 0.4) is 0 Å². The molecule has 7 heteroatoms. The van der Waals surface area contributed by atoms with Gasteiger partial charge in [-0.3, -0.25) is 14.4 Å². The van der Waals surface area contributed by atoms with Crippen molar-refractivity contribution in [1.82, 2.24) is 19.7 Å². The molecule has 3 heterocycles. The molecule has 3 rings (SSSR count). The minimum atomic E-state index is -0.0701. The summed E-state index contributed by atoms with van der Waals surface area (Å²) in [6.45, 7) is 4.65. The van der Waals surface area contributed by atoms with E-state index in [1.54, 1.807) is 11.3 Å². The Bertz CT molecular complexity index is 665. The smallest absolute Gasteiger partial charge is 0.223 e. The molecule has 23 heavy (non-hydrogen) atoms. The number of carbonyl (C=O) groups excluding carboxylic acids is 1. The Kier molecular flexibility index (Phi) is 5.07. The van der Waals surface area contributed by atoms with Crippen LogP contribution in [-0.4, -0.2) is 38.7 Å². The maximum atomic E-state index is 11.1. The van der Waals surface area contributed by atoms with E-state index in [1.165, 1.54) is 30.3 Å². The van der Waals surface area contributed by atoms with E-state index in [4.69, 9.17) is 0 Å². The molecule has 6 nitrogen and oxygen atoms in total. The lowest BCUT2D eigenvalue weighted by molar-refractivity contribution is -0.114. The van der Waals surface area contributed by atoms with Crippen LogP contribution in [0.1, 0.15) is 30.3 Å². The first kappa shape index (κ1) is 16.1. The van der Waals surface area contributed by atoms with Gasteiger partial charge in [-0.15, -0.1) is 11.3 Å². The molecule has 1 fully saturated rings. The summed E-state index contributed by atoms with van der Waals surface area (Å²) in [6.07, 6.45) is 7.44. The molecule has 0 radical (unpaired) electrons. The molecular weight excluding hydrogens is 310 g/mol. The predicted octanol–water partition coefficient (Wildman–Crippen LogP) is 2.29. The Morgan fingerprint density at radius 1 is 1.52 bits per heavy atom. The van der Waals surface area contributed by atoms with Gasteiger partial charge in [0.25, 0.3) is 0 Å². The van der Waals surface area contributed by atoms with E-state index in [0.29, 0.717) is 11.0 Å². The average molecular weight is 333 g/mol. The summed E-state index contributed by atoms with van der Waals surface area (Å²) in [5.41, 5.74) is 1.19. The zero-order valence-corrected chi connectivity index (χ0v) is 14.5. The summed E-state index contributed by atoms with van der Waals surface area (Å²) in [4.78, 5) is 19.0. The van der Waals surface area contributed by atoms with Gasteiger partial charge in [-0.25, -0.2) is 4.98 Å². The maximum absolute atomic E-state index is 11.1. The van der Waals surface area contributed by atoms with Crippen LogP contribution in [0.15, 0.2) is 18.5 Å². The van der Waals surface area contributed by atoms with Gasteiger partial charge in [0.15, 0.2) is 5.13 Å². The number of thiazole rings is 1. The molecule has 1 aliphatic rings. The number of rotatable bonds is 5. The molecule has 1 unspecified atom stereocenters. The van der Waals surface area contributed by atoms with Crippen molar-refractivity contribution < 1.29 is 4.79 Å². The van der Waals surface area contributed by atoms with Crippen LogP contribution in [-0.2, 0) is 24.8 Å². The Morgan fingerprint density at radius 3 is 3.13 bits per heavy atom. The van der Waals surface area contributed by atoms with Crippen molar-refractivity contribution in [3.8, 4) is 0 Å². The Labute approximate surface area is 140 Å². The van der Waals surface area contributed by atoms with E-state index in [0.717, 1.165) is 26.1 Å². The number of piperidine rings is 1. The van der Waals surface area contributed by atoms with Crippen LogP contribution in [0, 0.1) is 5.92 Å². The number of anilines is 1. The van der Waals surface area contributed by atoms with Crippen LogP contribution in [0.5, 0.6) is 0 Å². The first-order valence-corrected chi connectivity index (χ1v) is 8.83. The minimum Gasteiger partial charge on any atom is -0.302 e. The van der Waals surface area contributed by atoms with Gasteiger partial charge in [0, 0.05) is 44.3 Å². The average Bonchev–Trinajstić information content (AvgIpc) is 3.08. The molecule has 0 spiro atoms.